The van der Waals surface area contributed by atoms with E-state index in [2.05, 4.69) is 192 Å². The maximum absolute atomic E-state index is 7.24. The highest BCUT2D eigenvalue weighted by Crippen LogP contribution is 2.52. The van der Waals surface area contributed by atoms with Crippen LogP contribution in [0, 0.1) is 0 Å². The third-order valence-electron chi connectivity index (χ3n) is 10.6. The largest absolute Gasteiger partial charge is 0.456 e. The Morgan fingerprint density at radius 3 is 1.44 bits per heavy atom. The molecule has 2 aromatic heterocycles. The van der Waals surface area contributed by atoms with Gasteiger partial charge in [0.25, 0.3) is 0 Å². The summed E-state index contributed by atoms with van der Waals surface area (Å²) in [6.07, 6.45) is 0. The monoisotopic (exact) mass is 692 g/mol. The van der Waals surface area contributed by atoms with Crippen LogP contribution in [0.4, 0.5) is 34.1 Å². The van der Waals surface area contributed by atoms with Crippen molar-refractivity contribution in [2.24, 2.45) is 0 Å². The summed E-state index contributed by atoms with van der Waals surface area (Å²) in [7, 11) is 0. The Labute approximate surface area is 311 Å². The molecule has 0 unspecified atom stereocenters. The third-order valence-corrected chi connectivity index (χ3v) is 10.6. The predicted octanol–water partition coefficient (Wildman–Crippen LogP) is 14.7. The number of nitrogens with zero attached hydrogens (tertiary/aromatic N) is 2. The summed E-state index contributed by atoms with van der Waals surface area (Å²) in [5, 5.41) is 8.75. The number of para-hydroxylation sites is 4. The van der Waals surface area contributed by atoms with E-state index in [-0.39, 0.29) is 0 Å². The van der Waals surface area contributed by atoms with E-state index in [1.165, 1.54) is 0 Å². The van der Waals surface area contributed by atoms with Crippen molar-refractivity contribution in [3.63, 3.8) is 0 Å². The summed E-state index contributed by atoms with van der Waals surface area (Å²) in [6, 6.07) is 68.4. The van der Waals surface area contributed by atoms with Gasteiger partial charge in [0.15, 0.2) is 5.58 Å². The molecule has 0 fully saturated rings. The molecule has 254 valence electrons. The standard InChI is InChI=1S/C50H32N2O2/c1-4-18-35(19-5-1)51(36-20-6-2-7-21-36)48-39-24-12-11-17-34(39)31-46-47(48)43-30-33-16-10-13-25-40(33)49(50(43)54-46)52(37-22-8-3-9-23-37)38-28-29-45-42(32-38)41-26-14-15-27-44(41)53-45/h1-32H. The lowest BCUT2D eigenvalue weighted by molar-refractivity contribution is 0.669. The molecule has 0 N–H and O–H groups in total. The van der Waals surface area contributed by atoms with Gasteiger partial charge >= 0.3 is 0 Å². The Morgan fingerprint density at radius 1 is 0.296 bits per heavy atom. The number of fused-ring (bicyclic) bond motifs is 8. The maximum atomic E-state index is 7.24. The molecule has 9 aromatic carbocycles. The summed E-state index contributed by atoms with van der Waals surface area (Å²) < 4.78 is 13.5. The summed E-state index contributed by atoms with van der Waals surface area (Å²) in [5.41, 5.74) is 9.64. The number of anilines is 6. The molecule has 11 rings (SSSR count). The van der Waals surface area contributed by atoms with Crippen LogP contribution in [-0.2, 0) is 0 Å². The van der Waals surface area contributed by atoms with Crippen LogP contribution in [-0.4, -0.2) is 0 Å². The molecule has 0 radical (unpaired) electrons. The Morgan fingerprint density at radius 2 is 0.796 bits per heavy atom. The smallest absolute Gasteiger partial charge is 0.160 e. The van der Waals surface area contributed by atoms with Crippen LogP contribution in [0.25, 0.3) is 65.4 Å². The van der Waals surface area contributed by atoms with Gasteiger partial charge in [-0.3, -0.25) is 0 Å². The predicted molar refractivity (Wildman–Crippen MR) is 225 cm³/mol. The van der Waals surface area contributed by atoms with Gasteiger partial charge in [0, 0.05) is 49.7 Å². The maximum Gasteiger partial charge on any atom is 0.160 e. The molecule has 0 amide bonds. The van der Waals surface area contributed by atoms with Gasteiger partial charge in [-0.05, 0) is 83.6 Å². The summed E-state index contributed by atoms with van der Waals surface area (Å²) in [6.45, 7) is 0. The molecule has 2 heterocycles. The highest BCUT2D eigenvalue weighted by Gasteiger charge is 2.27. The first-order valence-electron chi connectivity index (χ1n) is 18.3. The van der Waals surface area contributed by atoms with Crippen molar-refractivity contribution in [3.8, 4) is 0 Å². The van der Waals surface area contributed by atoms with Gasteiger partial charge in [0.1, 0.15) is 16.7 Å². The van der Waals surface area contributed by atoms with Crippen molar-refractivity contribution in [2.75, 3.05) is 9.80 Å². The molecular formula is C50H32N2O2. The van der Waals surface area contributed by atoms with Crippen molar-refractivity contribution in [3.05, 3.63) is 194 Å². The number of furan rings is 2. The molecule has 0 atom stereocenters. The quantitative estimate of drug-likeness (QED) is 0.174. The Hall–Kier alpha value is -7.30. The van der Waals surface area contributed by atoms with Crippen LogP contribution in [0.2, 0.25) is 0 Å². The van der Waals surface area contributed by atoms with Crippen LogP contribution >= 0.6 is 0 Å². The minimum absolute atomic E-state index is 0.822. The normalized spacial score (nSPS) is 11.7. The summed E-state index contributed by atoms with van der Waals surface area (Å²) >= 11 is 0. The van der Waals surface area contributed by atoms with Gasteiger partial charge in [-0.25, -0.2) is 0 Å². The number of hydrogen-bond donors (Lipinski definition) is 0. The molecule has 0 saturated carbocycles. The highest BCUT2D eigenvalue weighted by atomic mass is 16.3. The zero-order valence-electron chi connectivity index (χ0n) is 29.2. The fraction of sp³-hybridized carbons (Fsp3) is 0. The Bertz CT molecular complexity index is 3130. The first-order valence-corrected chi connectivity index (χ1v) is 18.3. The summed E-state index contributed by atoms with van der Waals surface area (Å²) in [5.74, 6) is 0. The van der Waals surface area contributed by atoms with Crippen LogP contribution in [0.15, 0.2) is 203 Å². The molecule has 0 spiro atoms. The number of rotatable bonds is 6. The Balaban J connectivity index is 1.29. The fourth-order valence-corrected chi connectivity index (χ4v) is 8.21. The molecule has 11 aromatic rings. The van der Waals surface area contributed by atoms with E-state index in [1.54, 1.807) is 0 Å². The molecule has 4 nitrogen and oxygen atoms in total. The lowest BCUT2D eigenvalue weighted by atomic mass is 9.98. The molecule has 0 saturated heterocycles. The van der Waals surface area contributed by atoms with Gasteiger partial charge in [0.05, 0.1) is 16.8 Å². The topological polar surface area (TPSA) is 32.8 Å². The lowest BCUT2D eigenvalue weighted by Gasteiger charge is -2.28. The van der Waals surface area contributed by atoms with E-state index in [1.807, 2.05) is 12.1 Å². The second kappa shape index (κ2) is 12.1. The molecule has 0 aliphatic heterocycles. The number of benzene rings is 9. The van der Waals surface area contributed by atoms with E-state index < -0.39 is 0 Å². The van der Waals surface area contributed by atoms with Gasteiger partial charge < -0.3 is 18.6 Å². The highest BCUT2D eigenvalue weighted by molar-refractivity contribution is 6.27. The zero-order valence-corrected chi connectivity index (χ0v) is 29.2. The zero-order chi connectivity index (χ0) is 35.6. The van der Waals surface area contributed by atoms with Gasteiger partial charge in [-0.2, -0.15) is 0 Å². The molecule has 0 bridgehead atoms. The van der Waals surface area contributed by atoms with Crippen molar-refractivity contribution in [1.82, 2.24) is 0 Å². The third kappa shape index (κ3) is 4.70. The summed E-state index contributed by atoms with van der Waals surface area (Å²) in [4.78, 5) is 4.72. The minimum atomic E-state index is 0.822. The van der Waals surface area contributed by atoms with E-state index >= 15 is 0 Å². The SMILES string of the molecule is c1ccc(N(c2ccc3oc4ccccc4c3c2)c2c3ccccc3cc3c2oc2cc4ccccc4c(N(c4ccccc4)c4ccccc4)c23)cc1. The fourth-order valence-electron chi connectivity index (χ4n) is 8.21. The molecular weight excluding hydrogens is 661 g/mol. The van der Waals surface area contributed by atoms with Crippen LogP contribution < -0.4 is 9.80 Å². The molecule has 0 aliphatic rings. The average Bonchev–Trinajstić information content (AvgIpc) is 3.79. The van der Waals surface area contributed by atoms with Gasteiger partial charge in [0.2, 0.25) is 0 Å². The second-order valence-electron chi connectivity index (χ2n) is 13.7. The lowest BCUT2D eigenvalue weighted by Crippen LogP contribution is -2.11. The van der Waals surface area contributed by atoms with E-state index in [0.29, 0.717) is 0 Å². The van der Waals surface area contributed by atoms with Crippen molar-refractivity contribution >= 4 is 99.5 Å². The second-order valence-corrected chi connectivity index (χ2v) is 13.7. The molecule has 0 aliphatic carbocycles. The Kier molecular flexibility index (Phi) is 6.82. The van der Waals surface area contributed by atoms with Crippen LogP contribution in [0.1, 0.15) is 0 Å². The molecule has 54 heavy (non-hydrogen) atoms. The van der Waals surface area contributed by atoms with E-state index in [0.717, 1.165) is 99.5 Å². The van der Waals surface area contributed by atoms with Crippen molar-refractivity contribution in [1.29, 1.82) is 0 Å². The van der Waals surface area contributed by atoms with Crippen molar-refractivity contribution in [2.45, 2.75) is 0 Å². The minimum Gasteiger partial charge on any atom is -0.456 e. The number of hydrogen-bond acceptors (Lipinski definition) is 4. The first-order chi connectivity index (χ1) is 26.8. The van der Waals surface area contributed by atoms with Gasteiger partial charge in [-0.1, -0.05) is 121 Å². The van der Waals surface area contributed by atoms with Gasteiger partial charge in [-0.15, -0.1) is 0 Å². The van der Waals surface area contributed by atoms with Crippen LogP contribution in [0.5, 0.6) is 0 Å². The molecule has 4 heteroatoms. The first kappa shape index (κ1) is 30.3. The van der Waals surface area contributed by atoms with Crippen molar-refractivity contribution < 1.29 is 8.83 Å². The van der Waals surface area contributed by atoms with E-state index in [4.69, 9.17) is 8.83 Å². The van der Waals surface area contributed by atoms with Crippen LogP contribution in [0.3, 0.4) is 0 Å². The average molecular weight is 693 g/mol. The van der Waals surface area contributed by atoms with E-state index in [9.17, 15) is 0 Å².